The number of rotatable bonds is 6. The van der Waals surface area contributed by atoms with Gasteiger partial charge in [-0.2, -0.15) is 0 Å². The quantitative estimate of drug-likeness (QED) is 0.772. The maximum absolute atomic E-state index is 5.72. The monoisotopic (exact) mass is 383 g/mol. The summed E-state index contributed by atoms with van der Waals surface area (Å²) in [6, 6.07) is 9.30. The van der Waals surface area contributed by atoms with Gasteiger partial charge >= 0.3 is 0 Å². The zero-order chi connectivity index (χ0) is 18.8. The fourth-order valence-electron chi connectivity index (χ4n) is 4.35. The molecule has 2 atom stereocenters. The third-order valence-electron chi connectivity index (χ3n) is 5.81. The van der Waals surface area contributed by atoms with E-state index in [2.05, 4.69) is 69.4 Å². The summed E-state index contributed by atoms with van der Waals surface area (Å²) in [5.41, 5.74) is 2.37. The molecular weight excluding hydrogens is 354 g/mol. The van der Waals surface area contributed by atoms with Gasteiger partial charge in [-0.1, -0.05) is 18.9 Å². The third-order valence-corrected chi connectivity index (χ3v) is 6.16. The molecule has 0 bridgehead atoms. The first-order valence-electron chi connectivity index (χ1n) is 9.93. The van der Waals surface area contributed by atoms with Gasteiger partial charge in [0.1, 0.15) is 0 Å². The maximum Gasteiger partial charge on any atom is 0.170 e. The molecule has 4 rings (SSSR count). The number of pyridine rings is 1. The van der Waals surface area contributed by atoms with Crippen molar-refractivity contribution < 1.29 is 0 Å². The van der Waals surface area contributed by atoms with Crippen LogP contribution in [0.5, 0.6) is 0 Å². The second kappa shape index (κ2) is 7.98. The van der Waals surface area contributed by atoms with E-state index in [1.807, 2.05) is 12.3 Å². The summed E-state index contributed by atoms with van der Waals surface area (Å²) in [4.78, 5) is 9.16. The Labute approximate surface area is 167 Å². The molecule has 2 aliphatic rings. The molecule has 2 fully saturated rings. The molecule has 1 aliphatic carbocycles. The summed E-state index contributed by atoms with van der Waals surface area (Å²) in [6.45, 7) is 1.87. The highest BCUT2D eigenvalue weighted by molar-refractivity contribution is 7.80. The average molecular weight is 384 g/mol. The molecule has 0 radical (unpaired) electrons. The molecule has 2 aromatic rings. The zero-order valence-electron chi connectivity index (χ0n) is 16.2. The first-order valence-corrected chi connectivity index (χ1v) is 10.3. The van der Waals surface area contributed by atoms with E-state index in [1.54, 1.807) is 0 Å². The molecule has 0 unspecified atom stereocenters. The third kappa shape index (κ3) is 3.87. The van der Waals surface area contributed by atoms with Crippen molar-refractivity contribution in [3.8, 4) is 0 Å². The van der Waals surface area contributed by atoms with Crippen LogP contribution >= 0.6 is 12.2 Å². The lowest BCUT2D eigenvalue weighted by molar-refractivity contribution is 0.277. The van der Waals surface area contributed by atoms with Crippen LogP contribution in [0.2, 0.25) is 0 Å². The van der Waals surface area contributed by atoms with Crippen molar-refractivity contribution in [1.29, 1.82) is 0 Å². The van der Waals surface area contributed by atoms with E-state index in [1.165, 1.54) is 31.2 Å². The largest absolute Gasteiger partial charge is 0.352 e. The van der Waals surface area contributed by atoms with Gasteiger partial charge in [-0.05, 0) is 62.9 Å². The van der Waals surface area contributed by atoms with Crippen molar-refractivity contribution in [3.63, 3.8) is 0 Å². The van der Waals surface area contributed by atoms with Crippen molar-refractivity contribution in [2.24, 2.45) is 0 Å². The van der Waals surface area contributed by atoms with Crippen LogP contribution in [0, 0.1) is 0 Å². The first kappa shape index (κ1) is 18.4. The van der Waals surface area contributed by atoms with E-state index >= 15 is 0 Å². The Morgan fingerprint density at radius 3 is 2.74 bits per heavy atom. The number of nitrogens with one attached hydrogen (secondary N) is 1. The van der Waals surface area contributed by atoms with Gasteiger partial charge in [-0.3, -0.25) is 4.98 Å². The molecule has 0 spiro atoms. The molecule has 1 N–H and O–H groups in total. The summed E-state index contributed by atoms with van der Waals surface area (Å²) >= 11 is 5.72. The van der Waals surface area contributed by atoms with E-state index in [0.29, 0.717) is 6.04 Å². The van der Waals surface area contributed by atoms with Crippen LogP contribution in [-0.2, 0) is 0 Å². The summed E-state index contributed by atoms with van der Waals surface area (Å²) in [5.74, 6) is 0. The Bertz CT molecular complexity index is 766. The van der Waals surface area contributed by atoms with Crippen molar-refractivity contribution in [2.45, 2.75) is 43.8 Å². The highest BCUT2D eigenvalue weighted by atomic mass is 32.1. The van der Waals surface area contributed by atoms with E-state index in [9.17, 15) is 0 Å². The Balaban J connectivity index is 1.65. The van der Waals surface area contributed by atoms with Gasteiger partial charge < -0.3 is 19.7 Å². The normalized spacial score (nSPS) is 23.4. The minimum atomic E-state index is 0.0836. The molecule has 0 aromatic carbocycles. The summed E-state index contributed by atoms with van der Waals surface area (Å²) in [5, 5.41) is 4.36. The predicted molar refractivity (Wildman–Crippen MR) is 113 cm³/mol. The Morgan fingerprint density at radius 1 is 1.22 bits per heavy atom. The Hall–Kier alpha value is -1.92. The smallest absolute Gasteiger partial charge is 0.170 e. The van der Waals surface area contributed by atoms with Crippen LogP contribution in [-0.4, -0.2) is 51.6 Å². The Kier molecular flexibility index (Phi) is 5.45. The standard InChI is InChI=1S/C21H29N5S/c1-24(2)13-14-26-20(16-10-12-25(15-16)17-7-3-4-8-17)19(23-21(26)27)18-9-5-6-11-22-18/h5-6,9-12,15,17,19-20H,3-4,7-8,13-14H2,1-2H3,(H,23,27)/t19-,20-/m1/s1. The number of thiocarbonyl (C=S) groups is 1. The molecule has 3 heterocycles. The lowest BCUT2D eigenvalue weighted by Crippen LogP contribution is -2.35. The molecule has 27 heavy (non-hydrogen) atoms. The van der Waals surface area contributed by atoms with Crippen molar-refractivity contribution in [2.75, 3.05) is 27.2 Å². The molecule has 5 nitrogen and oxygen atoms in total. The van der Waals surface area contributed by atoms with E-state index in [-0.39, 0.29) is 12.1 Å². The summed E-state index contributed by atoms with van der Waals surface area (Å²) in [6.07, 6.45) is 11.7. The van der Waals surface area contributed by atoms with Crippen LogP contribution in [0.4, 0.5) is 0 Å². The lowest BCUT2D eigenvalue weighted by atomic mass is 9.99. The van der Waals surface area contributed by atoms with E-state index in [0.717, 1.165) is 23.9 Å². The van der Waals surface area contributed by atoms with Gasteiger partial charge in [0.15, 0.2) is 5.11 Å². The van der Waals surface area contributed by atoms with Crippen LogP contribution in [0.1, 0.15) is 55.1 Å². The topological polar surface area (TPSA) is 36.3 Å². The molecule has 2 aromatic heterocycles. The summed E-state index contributed by atoms with van der Waals surface area (Å²) in [7, 11) is 4.21. The zero-order valence-corrected chi connectivity index (χ0v) is 17.0. The lowest BCUT2D eigenvalue weighted by Gasteiger charge is -2.28. The highest BCUT2D eigenvalue weighted by Crippen LogP contribution is 2.39. The SMILES string of the molecule is CN(C)CCN1C(=S)N[C@H](c2ccccn2)[C@H]1c1ccn(C2CCCC2)c1. The van der Waals surface area contributed by atoms with Gasteiger partial charge in [-0.15, -0.1) is 0 Å². The minimum Gasteiger partial charge on any atom is -0.352 e. The molecule has 0 amide bonds. The van der Waals surface area contributed by atoms with Crippen molar-refractivity contribution in [3.05, 3.63) is 54.1 Å². The van der Waals surface area contributed by atoms with Crippen LogP contribution < -0.4 is 5.32 Å². The van der Waals surface area contributed by atoms with Crippen molar-refractivity contribution >= 4 is 17.3 Å². The number of likely N-dealkylation sites (N-methyl/N-ethyl adjacent to an activating group) is 1. The van der Waals surface area contributed by atoms with Gasteiger partial charge in [0, 0.05) is 37.7 Å². The molecule has 1 saturated heterocycles. The Morgan fingerprint density at radius 2 is 2.04 bits per heavy atom. The van der Waals surface area contributed by atoms with Crippen LogP contribution in [0.25, 0.3) is 0 Å². The second-order valence-electron chi connectivity index (χ2n) is 7.95. The van der Waals surface area contributed by atoms with Gasteiger partial charge in [0.05, 0.1) is 17.8 Å². The summed E-state index contributed by atoms with van der Waals surface area (Å²) < 4.78 is 2.42. The number of hydrogen-bond acceptors (Lipinski definition) is 3. The molecule has 1 aliphatic heterocycles. The van der Waals surface area contributed by atoms with E-state index in [4.69, 9.17) is 12.2 Å². The molecular formula is C21H29N5S. The number of aromatic nitrogens is 2. The fourth-order valence-corrected chi connectivity index (χ4v) is 4.68. The van der Waals surface area contributed by atoms with Gasteiger partial charge in [0.2, 0.25) is 0 Å². The first-order chi connectivity index (χ1) is 13.1. The number of hydrogen-bond donors (Lipinski definition) is 1. The highest BCUT2D eigenvalue weighted by Gasteiger charge is 2.40. The second-order valence-corrected chi connectivity index (χ2v) is 8.34. The molecule has 1 saturated carbocycles. The molecule has 6 heteroatoms. The maximum atomic E-state index is 5.72. The van der Waals surface area contributed by atoms with E-state index < -0.39 is 0 Å². The number of nitrogens with zero attached hydrogens (tertiary/aromatic N) is 4. The van der Waals surface area contributed by atoms with Crippen molar-refractivity contribution in [1.82, 2.24) is 24.7 Å². The predicted octanol–water partition coefficient (Wildman–Crippen LogP) is 3.53. The average Bonchev–Trinajstić information content (AvgIpc) is 3.40. The molecule has 144 valence electrons. The van der Waals surface area contributed by atoms with Crippen LogP contribution in [0.15, 0.2) is 42.9 Å². The fraction of sp³-hybridized carbons (Fsp3) is 0.524. The van der Waals surface area contributed by atoms with Crippen LogP contribution in [0.3, 0.4) is 0 Å². The van der Waals surface area contributed by atoms with Gasteiger partial charge in [0.25, 0.3) is 0 Å². The van der Waals surface area contributed by atoms with Gasteiger partial charge in [-0.25, -0.2) is 0 Å². The minimum absolute atomic E-state index is 0.0836.